The number of anilines is 1. The SMILES string of the molecule is Cc1ccc2c(c1)C(=O)NC1(CC[C@H]3CN(C(=O)c4snnc4C)C[C@H]31)N2. The summed E-state index contributed by atoms with van der Waals surface area (Å²) in [5.41, 5.74) is 2.86. The van der Waals surface area contributed by atoms with E-state index in [2.05, 4.69) is 20.2 Å². The average Bonchev–Trinajstić information content (AvgIpc) is 3.33. The van der Waals surface area contributed by atoms with Gasteiger partial charge in [0.1, 0.15) is 10.5 Å². The fourth-order valence-corrected chi connectivity index (χ4v) is 5.49. The second kappa shape index (κ2) is 5.76. The topological polar surface area (TPSA) is 87.2 Å². The molecule has 1 unspecified atom stereocenters. The fraction of sp³-hybridized carbons (Fsp3) is 0.474. The number of carbonyl (C=O) groups excluding carboxylic acids is 2. The number of rotatable bonds is 1. The monoisotopic (exact) mass is 383 g/mol. The van der Waals surface area contributed by atoms with E-state index < -0.39 is 5.66 Å². The Bertz CT molecular complexity index is 957. The lowest BCUT2D eigenvalue weighted by molar-refractivity contribution is 0.0771. The van der Waals surface area contributed by atoms with E-state index >= 15 is 0 Å². The number of nitrogens with zero attached hydrogens (tertiary/aromatic N) is 3. The molecule has 5 rings (SSSR count). The van der Waals surface area contributed by atoms with Crippen molar-refractivity contribution in [3.05, 3.63) is 39.9 Å². The highest BCUT2D eigenvalue weighted by atomic mass is 32.1. The van der Waals surface area contributed by atoms with E-state index in [0.29, 0.717) is 28.6 Å². The third kappa shape index (κ3) is 2.46. The number of nitrogens with one attached hydrogen (secondary N) is 2. The van der Waals surface area contributed by atoms with Gasteiger partial charge in [0.2, 0.25) is 0 Å². The Hall–Kier alpha value is -2.48. The molecule has 2 aromatic rings. The molecule has 1 aliphatic carbocycles. The Morgan fingerprint density at radius 2 is 2.15 bits per heavy atom. The molecule has 2 fully saturated rings. The molecule has 27 heavy (non-hydrogen) atoms. The maximum Gasteiger partial charge on any atom is 0.267 e. The van der Waals surface area contributed by atoms with Gasteiger partial charge in [-0.15, -0.1) is 5.10 Å². The molecule has 1 saturated heterocycles. The van der Waals surface area contributed by atoms with Crippen LogP contribution < -0.4 is 10.6 Å². The van der Waals surface area contributed by atoms with Crippen molar-refractivity contribution in [1.82, 2.24) is 19.8 Å². The number of aromatic nitrogens is 2. The van der Waals surface area contributed by atoms with Gasteiger partial charge in [-0.1, -0.05) is 16.1 Å². The van der Waals surface area contributed by atoms with Crippen molar-refractivity contribution in [2.75, 3.05) is 18.4 Å². The van der Waals surface area contributed by atoms with Crippen LogP contribution in [0.25, 0.3) is 0 Å². The number of likely N-dealkylation sites (tertiary alicyclic amines) is 1. The predicted octanol–water partition coefficient (Wildman–Crippen LogP) is 2.19. The van der Waals surface area contributed by atoms with E-state index in [9.17, 15) is 9.59 Å². The van der Waals surface area contributed by atoms with Gasteiger partial charge in [0, 0.05) is 24.7 Å². The molecule has 140 valence electrons. The smallest absolute Gasteiger partial charge is 0.267 e. The zero-order valence-electron chi connectivity index (χ0n) is 15.3. The molecule has 2 N–H and O–H groups in total. The highest BCUT2D eigenvalue weighted by Gasteiger charge is 2.55. The van der Waals surface area contributed by atoms with E-state index in [4.69, 9.17) is 0 Å². The number of hydrogen-bond acceptors (Lipinski definition) is 6. The summed E-state index contributed by atoms with van der Waals surface area (Å²) in [6.45, 7) is 5.16. The molecule has 0 radical (unpaired) electrons. The van der Waals surface area contributed by atoms with Crippen LogP contribution in [0.5, 0.6) is 0 Å². The van der Waals surface area contributed by atoms with Gasteiger partial charge in [-0.3, -0.25) is 9.59 Å². The van der Waals surface area contributed by atoms with E-state index in [1.165, 1.54) is 0 Å². The fourth-order valence-electron chi connectivity index (χ4n) is 4.86. The van der Waals surface area contributed by atoms with Gasteiger partial charge in [0.25, 0.3) is 11.8 Å². The third-order valence-corrected chi connectivity index (χ3v) is 7.05. The zero-order valence-corrected chi connectivity index (χ0v) is 16.1. The first-order valence-electron chi connectivity index (χ1n) is 9.26. The molecule has 8 heteroatoms. The van der Waals surface area contributed by atoms with Gasteiger partial charge in [-0.05, 0) is 56.3 Å². The molecule has 0 bridgehead atoms. The van der Waals surface area contributed by atoms with Gasteiger partial charge in [0.15, 0.2) is 0 Å². The van der Waals surface area contributed by atoms with E-state index in [1.807, 2.05) is 36.9 Å². The Kier molecular flexibility index (Phi) is 3.56. The Morgan fingerprint density at radius 1 is 1.30 bits per heavy atom. The normalized spacial score (nSPS) is 28.7. The summed E-state index contributed by atoms with van der Waals surface area (Å²) in [4.78, 5) is 28.2. The largest absolute Gasteiger partial charge is 0.362 e. The Labute approximate surface area is 161 Å². The lowest BCUT2D eigenvalue weighted by Gasteiger charge is -2.42. The van der Waals surface area contributed by atoms with Gasteiger partial charge in [-0.2, -0.15) is 0 Å². The van der Waals surface area contributed by atoms with Gasteiger partial charge in [0.05, 0.1) is 11.3 Å². The van der Waals surface area contributed by atoms with Crippen molar-refractivity contribution in [1.29, 1.82) is 0 Å². The second-order valence-electron chi connectivity index (χ2n) is 7.90. The molecule has 1 aromatic carbocycles. The van der Waals surface area contributed by atoms with Crippen LogP contribution in [0.1, 0.15) is 44.1 Å². The first-order chi connectivity index (χ1) is 13.0. The lowest BCUT2D eigenvalue weighted by atomic mass is 9.89. The van der Waals surface area contributed by atoms with Crippen molar-refractivity contribution in [3.63, 3.8) is 0 Å². The molecule has 3 heterocycles. The van der Waals surface area contributed by atoms with Crippen molar-refractivity contribution >= 4 is 29.0 Å². The van der Waals surface area contributed by atoms with Crippen LogP contribution in [0.15, 0.2) is 18.2 Å². The maximum absolute atomic E-state index is 12.9. The zero-order chi connectivity index (χ0) is 18.8. The molecule has 2 aliphatic heterocycles. The summed E-state index contributed by atoms with van der Waals surface area (Å²) in [6, 6.07) is 5.93. The number of hydrogen-bond donors (Lipinski definition) is 2. The number of aryl methyl sites for hydroxylation is 2. The molecular formula is C19H21N5O2S. The highest BCUT2D eigenvalue weighted by Crippen LogP contribution is 2.47. The van der Waals surface area contributed by atoms with Crippen molar-refractivity contribution in [2.45, 2.75) is 32.4 Å². The number of amides is 2. The van der Waals surface area contributed by atoms with Crippen molar-refractivity contribution in [2.24, 2.45) is 11.8 Å². The van der Waals surface area contributed by atoms with Crippen LogP contribution in [0.2, 0.25) is 0 Å². The van der Waals surface area contributed by atoms with Crippen LogP contribution in [-0.2, 0) is 0 Å². The van der Waals surface area contributed by atoms with E-state index in [1.54, 1.807) is 0 Å². The van der Waals surface area contributed by atoms with Gasteiger partial charge < -0.3 is 15.5 Å². The Morgan fingerprint density at radius 3 is 2.93 bits per heavy atom. The van der Waals surface area contributed by atoms with Crippen LogP contribution in [0.4, 0.5) is 5.69 Å². The van der Waals surface area contributed by atoms with Crippen molar-refractivity contribution in [3.8, 4) is 0 Å². The van der Waals surface area contributed by atoms with E-state index in [-0.39, 0.29) is 17.7 Å². The minimum atomic E-state index is -0.472. The Balaban J connectivity index is 1.42. The highest BCUT2D eigenvalue weighted by molar-refractivity contribution is 7.07. The predicted molar refractivity (Wildman–Crippen MR) is 102 cm³/mol. The summed E-state index contributed by atoms with van der Waals surface area (Å²) >= 11 is 1.15. The molecular weight excluding hydrogens is 362 g/mol. The lowest BCUT2D eigenvalue weighted by Crippen LogP contribution is -2.61. The maximum atomic E-state index is 12.9. The quantitative estimate of drug-likeness (QED) is 0.788. The first kappa shape index (κ1) is 16.7. The summed E-state index contributed by atoms with van der Waals surface area (Å²) in [5, 5.41) is 10.8. The second-order valence-corrected chi connectivity index (χ2v) is 8.66. The van der Waals surface area contributed by atoms with Gasteiger partial charge in [-0.25, -0.2) is 0 Å². The summed E-state index contributed by atoms with van der Waals surface area (Å²) < 4.78 is 3.89. The molecule has 1 aromatic heterocycles. The van der Waals surface area contributed by atoms with Crippen molar-refractivity contribution < 1.29 is 9.59 Å². The molecule has 3 atom stereocenters. The summed E-state index contributed by atoms with van der Waals surface area (Å²) in [7, 11) is 0. The molecule has 7 nitrogen and oxygen atoms in total. The van der Waals surface area contributed by atoms with Crippen LogP contribution in [0.3, 0.4) is 0 Å². The minimum Gasteiger partial charge on any atom is -0.362 e. The number of fused-ring (bicyclic) bond motifs is 3. The number of benzene rings is 1. The van der Waals surface area contributed by atoms with E-state index in [0.717, 1.165) is 42.2 Å². The van der Waals surface area contributed by atoms with Crippen LogP contribution in [-0.4, -0.2) is 45.1 Å². The first-order valence-corrected chi connectivity index (χ1v) is 10.0. The molecule has 3 aliphatic rings. The molecule has 1 saturated carbocycles. The van der Waals surface area contributed by atoms with Gasteiger partial charge >= 0.3 is 0 Å². The molecule has 2 amide bonds. The minimum absolute atomic E-state index is 0.00482. The number of carbonyl (C=O) groups is 2. The average molecular weight is 383 g/mol. The standard InChI is InChI=1S/C19H21N5O2S/c1-10-3-4-15-13(7-10)17(25)21-19(20-15)6-5-12-8-24(9-14(12)19)18(26)16-11(2)22-23-27-16/h3-4,7,12,14,20H,5-6,8-9H2,1-2H3,(H,21,25)/t12-,14+,19?/m0/s1. The molecule has 1 spiro atoms. The van der Waals surface area contributed by atoms with Crippen LogP contribution in [0, 0.1) is 25.7 Å². The summed E-state index contributed by atoms with van der Waals surface area (Å²) in [5.74, 6) is 0.557. The third-order valence-electron chi connectivity index (χ3n) is 6.23. The van der Waals surface area contributed by atoms with Crippen LogP contribution >= 0.6 is 11.5 Å². The summed E-state index contributed by atoms with van der Waals surface area (Å²) in [6.07, 6.45) is 1.87.